The molecule has 0 spiro atoms. The number of aryl methyl sites for hydroxylation is 1. The lowest BCUT2D eigenvalue weighted by Gasteiger charge is -2.09. The van der Waals surface area contributed by atoms with Crippen molar-refractivity contribution in [1.29, 1.82) is 0 Å². The van der Waals surface area contributed by atoms with Gasteiger partial charge in [-0.25, -0.2) is 9.97 Å². The Morgan fingerprint density at radius 2 is 1.50 bits per heavy atom. The Balaban J connectivity index is 1.82. The van der Waals surface area contributed by atoms with Crippen LogP contribution in [0.5, 0.6) is 0 Å². The maximum Gasteiger partial charge on any atom is 0.279 e. The molecule has 0 radical (unpaired) electrons. The number of halogens is 1. The summed E-state index contributed by atoms with van der Waals surface area (Å²) in [5.74, 6) is 1.19. The normalized spacial score (nSPS) is 11.1. The molecule has 146 valence electrons. The molecule has 0 unspecified atom stereocenters. The average Bonchev–Trinajstić information content (AvgIpc) is 3.15. The van der Waals surface area contributed by atoms with Crippen molar-refractivity contribution in [2.24, 2.45) is 0 Å². The van der Waals surface area contributed by atoms with Gasteiger partial charge >= 0.3 is 0 Å². The van der Waals surface area contributed by atoms with Gasteiger partial charge in [0.2, 0.25) is 0 Å². The first-order valence-electron chi connectivity index (χ1n) is 9.51. The zero-order chi connectivity index (χ0) is 20.7. The summed E-state index contributed by atoms with van der Waals surface area (Å²) in [7, 11) is 0. The van der Waals surface area contributed by atoms with Gasteiger partial charge in [0.1, 0.15) is 11.6 Å². The number of nitrogens with zero attached hydrogens (tertiary/aromatic N) is 3. The van der Waals surface area contributed by atoms with E-state index in [1.165, 1.54) is 0 Å². The van der Waals surface area contributed by atoms with Gasteiger partial charge in [-0.1, -0.05) is 76.1 Å². The Morgan fingerprint density at radius 1 is 0.833 bits per heavy atom. The molecular formula is C24H17BrN4O. The van der Waals surface area contributed by atoms with Gasteiger partial charge < -0.3 is 4.98 Å². The third kappa shape index (κ3) is 3.25. The Bertz CT molecular complexity index is 1400. The molecule has 0 saturated heterocycles. The van der Waals surface area contributed by atoms with Crippen LogP contribution in [0.25, 0.3) is 39.6 Å². The first-order chi connectivity index (χ1) is 14.6. The summed E-state index contributed by atoms with van der Waals surface area (Å²) >= 11 is 3.47. The average molecular weight is 457 g/mol. The lowest BCUT2D eigenvalue weighted by Crippen LogP contribution is -2.10. The summed E-state index contributed by atoms with van der Waals surface area (Å²) in [4.78, 5) is 25.3. The van der Waals surface area contributed by atoms with Gasteiger partial charge in [0, 0.05) is 21.3 Å². The van der Waals surface area contributed by atoms with E-state index in [9.17, 15) is 4.79 Å². The molecule has 0 atom stereocenters. The third-order valence-electron chi connectivity index (χ3n) is 4.96. The van der Waals surface area contributed by atoms with Gasteiger partial charge in [0.25, 0.3) is 5.56 Å². The molecule has 5 aromatic rings. The van der Waals surface area contributed by atoms with Crippen molar-refractivity contribution < 1.29 is 0 Å². The van der Waals surface area contributed by atoms with E-state index >= 15 is 0 Å². The minimum atomic E-state index is -0.261. The number of hydrogen-bond acceptors (Lipinski definition) is 3. The minimum absolute atomic E-state index is 0.261. The number of hydrogen-bond donors (Lipinski definition) is 1. The van der Waals surface area contributed by atoms with Crippen molar-refractivity contribution in [1.82, 2.24) is 19.5 Å². The van der Waals surface area contributed by atoms with E-state index in [1.807, 2.05) is 90.4 Å². The standard InChI is InChI=1S/C24H17BrN4O/c1-15-7-9-16(10-8-15)21-27-23-20(24(30)28-21)26-22(17-11-13-18(25)14-12-17)29(23)19-5-3-2-4-6-19/h2-14H,1H3,(H,27,28,30). The number of rotatable bonds is 3. The van der Waals surface area contributed by atoms with Crippen LogP contribution in [0.1, 0.15) is 5.56 Å². The molecule has 0 aliphatic heterocycles. The van der Waals surface area contributed by atoms with Gasteiger partial charge in [-0.15, -0.1) is 0 Å². The van der Waals surface area contributed by atoms with E-state index in [-0.39, 0.29) is 5.56 Å². The molecule has 5 nitrogen and oxygen atoms in total. The molecule has 30 heavy (non-hydrogen) atoms. The summed E-state index contributed by atoms with van der Waals surface area (Å²) in [5, 5.41) is 0. The van der Waals surface area contributed by atoms with Crippen molar-refractivity contribution in [3.63, 3.8) is 0 Å². The number of para-hydroxylation sites is 1. The minimum Gasteiger partial charge on any atom is -0.305 e. The molecular weight excluding hydrogens is 440 g/mol. The molecule has 0 bridgehead atoms. The highest BCUT2D eigenvalue weighted by Gasteiger charge is 2.19. The number of aromatic amines is 1. The highest BCUT2D eigenvalue weighted by molar-refractivity contribution is 9.10. The molecule has 6 heteroatoms. The summed E-state index contributed by atoms with van der Waals surface area (Å²) in [5.41, 5.74) is 4.37. The maximum absolute atomic E-state index is 12.9. The summed E-state index contributed by atoms with van der Waals surface area (Å²) in [6, 6.07) is 25.6. The van der Waals surface area contributed by atoms with Crippen molar-refractivity contribution in [3.8, 4) is 28.5 Å². The van der Waals surface area contributed by atoms with Crippen molar-refractivity contribution >= 4 is 27.1 Å². The Morgan fingerprint density at radius 3 is 2.20 bits per heavy atom. The molecule has 1 N–H and O–H groups in total. The van der Waals surface area contributed by atoms with E-state index in [1.54, 1.807) is 0 Å². The van der Waals surface area contributed by atoms with E-state index < -0.39 is 0 Å². The molecule has 3 aromatic carbocycles. The Labute approximate surface area is 181 Å². The zero-order valence-electron chi connectivity index (χ0n) is 16.1. The fourth-order valence-electron chi connectivity index (χ4n) is 3.43. The molecule has 0 saturated carbocycles. The fourth-order valence-corrected chi connectivity index (χ4v) is 3.69. The molecule has 0 fully saturated rings. The van der Waals surface area contributed by atoms with Gasteiger partial charge in [-0.05, 0) is 31.2 Å². The van der Waals surface area contributed by atoms with Crippen LogP contribution in [-0.4, -0.2) is 19.5 Å². The molecule has 0 amide bonds. The number of H-pyrrole nitrogens is 1. The lowest BCUT2D eigenvalue weighted by molar-refractivity contribution is 1.07. The van der Waals surface area contributed by atoms with E-state index in [2.05, 4.69) is 25.9 Å². The van der Waals surface area contributed by atoms with Crippen molar-refractivity contribution in [3.05, 3.63) is 99.3 Å². The predicted molar refractivity (Wildman–Crippen MR) is 123 cm³/mol. The fraction of sp³-hybridized carbons (Fsp3) is 0.0417. The zero-order valence-corrected chi connectivity index (χ0v) is 17.7. The summed E-state index contributed by atoms with van der Waals surface area (Å²) in [6.07, 6.45) is 0. The predicted octanol–water partition coefficient (Wildman–Crippen LogP) is 5.51. The molecule has 0 aliphatic carbocycles. The lowest BCUT2D eigenvalue weighted by atomic mass is 10.1. The van der Waals surface area contributed by atoms with Crippen LogP contribution >= 0.6 is 15.9 Å². The highest BCUT2D eigenvalue weighted by atomic mass is 79.9. The van der Waals surface area contributed by atoms with Gasteiger partial charge in [0.15, 0.2) is 11.2 Å². The number of fused-ring (bicyclic) bond motifs is 1. The number of imidazole rings is 1. The Kier molecular flexibility index (Phi) is 4.56. The molecule has 2 aromatic heterocycles. The van der Waals surface area contributed by atoms with Crippen LogP contribution < -0.4 is 5.56 Å². The quantitative estimate of drug-likeness (QED) is 0.389. The van der Waals surface area contributed by atoms with Crippen molar-refractivity contribution in [2.75, 3.05) is 0 Å². The van der Waals surface area contributed by atoms with Crippen LogP contribution in [0.4, 0.5) is 0 Å². The topological polar surface area (TPSA) is 63.6 Å². The first-order valence-corrected chi connectivity index (χ1v) is 10.3. The second-order valence-corrected chi connectivity index (χ2v) is 7.98. The number of nitrogens with one attached hydrogen (secondary N) is 1. The van der Waals surface area contributed by atoms with E-state index in [0.717, 1.165) is 26.9 Å². The van der Waals surface area contributed by atoms with Gasteiger partial charge in [-0.3, -0.25) is 9.36 Å². The van der Waals surface area contributed by atoms with Crippen LogP contribution in [-0.2, 0) is 0 Å². The number of aromatic nitrogens is 4. The monoisotopic (exact) mass is 456 g/mol. The molecule has 2 heterocycles. The van der Waals surface area contributed by atoms with Gasteiger partial charge in [0.05, 0.1) is 0 Å². The van der Waals surface area contributed by atoms with Gasteiger partial charge in [-0.2, -0.15) is 0 Å². The molecule has 0 aliphatic rings. The van der Waals surface area contributed by atoms with Crippen molar-refractivity contribution in [2.45, 2.75) is 6.92 Å². The van der Waals surface area contributed by atoms with E-state index in [0.29, 0.717) is 22.8 Å². The Hall–Kier alpha value is -3.51. The van der Waals surface area contributed by atoms with Crippen LogP contribution in [0, 0.1) is 6.92 Å². The third-order valence-corrected chi connectivity index (χ3v) is 5.49. The summed E-state index contributed by atoms with van der Waals surface area (Å²) in [6.45, 7) is 2.03. The van der Waals surface area contributed by atoms with Crippen LogP contribution in [0.2, 0.25) is 0 Å². The smallest absolute Gasteiger partial charge is 0.279 e. The highest BCUT2D eigenvalue weighted by Crippen LogP contribution is 2.28. The van der Waals surface area contributed by atoms with Crippen LogP contribution in [0.3, 0.4) is 0 Å². The maximum atomic E-state index is 12.9. The van der Waals surface area contributed by atoms with Crippen LogP contribution in [0.15, 0.2) is 88.1 Å². The largest absolute Gasteiger partial charge is 0.305 e. The SMILES string of the molecule is Cc1ccc(-c2nc3c(nc(-c4ccc(Br)cc4)n3-c3ccccc3)c(=O)[nH]2)cc1. The molecule has 5 rings (SSSR count). The number of benzene rings is 3. The first kappa shape index (κ1) is 18.5. The second-order valence-electron chi connectivity index (χ2n) is 7.07. The summed E-state index contributed by atoms with van der Waals surface area (Å²) < 4.78 is 2.91. The van der Waals surface area contributed by atoms with E-state index in [4.69, 9.17) is 4.98 Å². The second kappa shape index (κ2) is 7.39.